The van der Waals surface area contributed by atoms with Crippen molar-refractivity contribution in [3.63, 3.8) is 0 Å². The average Bonchev–Trinajstić information content (AvgIpc) is 1.78. The highest BCUT2D eigenvalue weighted by atomic mass is 16.6. The number of esters is 1. The number of hydrogen-bond acceptors (Lipinski definition) is 3. The summed E-state index contributed by atoms with van der Waals surface area (Å²) in [7, 11) is 0. The Labute approximate surface area is 87.0 Å². The fourth-order valence-corrected chi connectivity index (χ4v) is 1.37. The van der Waals surface area contributed by atoms with Gasteiger partial charge in [-0.15, -0.1) is 0 Å². The van der Waals surface area contributed by atoms with E-state index >= 15 is 0 Å². The van der Waals surface area contributed by atoms with Gasteiger partial charge in [-0.3, -0.25) is 4.79 Å². The molecule has 0 aliphatic carbocycles. The molecule has 2 N–H and O–H groups in total. The van der Waals surface area contributed by atoms with Crippen molar-refractivity contribution in [2.24, 2.45) is 5.73 Å². The van der Waals surface area contributed by atoms with Gasteiger partial charge < -0.3 is 10.5 Å². The first kappa shape index (κ1) is 13.4. The fourth-order valence-electron chi connectivity index (χ4n) is 1.37. The molecule has 0 aliphatic rings. The molecule has 0 amide bonds. The first-order valence-corrected chi connectivity index (χ1v) is 5.17. The highest BCUT2D eigenvalue weighted by molar-refractivity contribution is 5.71. The standard InChI is InChI=1S/C11H23NO2/c1-6-7-11(5,12)8-9(13)14-10(2,3)4/h6-8,12H2,1-5H3/t11-/m1/s1. The van der Waals surface area contributed by atoms with Crippen molar-refractivity contribution in [2.75, 3.05) is 0 Å². The minimum Gasteiger partial charge on any atom is -0.460 e. The van der Waals surface area contributed by atoms with Crippen LogP contribution in [0.2, 0.25) is 0 Å². The maximum atomic E-state index is 11.4. The lowest BCUT2D eigenvalue weighted by Gasteiger charge is -2.26. The van der Waals surface area contributed by atoms with Crippen molar-refractivity contribution in [3.8, 4) is 0 Å². The van der Waals surface area contributed by atoms with Crippen molar-refractivity contribution in [3.05, 3.63) is 0 Å². The lowest BCUT2D eigenvalue weighted by Crippen LogP contribution is -2.40. The Balaban J connectivity index is 4.06. The molecular weight excluding hydrogens is 178 g/mol. The van der Waals surface area contributed by atoms with E-state index in [2.05, 4.69) is 6.92 Å². The van der Waals surface area contributed by atoms with Gasteiger partial charge in [-0.2, -0.15) is 0 Å². The molecule has 3 nitrogen and oxygen atoms in total. The summed E-state index contributed by atoms with van der Waals surface area (Å²) in [5.74, 6) is -0.212. The number of rotatable bonds is 4. The van der Waals surface area contributed by atoms with E-state index in [4.69, 9.17) is 10.5 Å². The summed E-state index contributed by atoms with van der Waals surface area (Å²) in [6, 6.07) is 0. The molecule has 0 aromatic carbocycles. The zero-order chi connectivity index (χ0) is 11.4. The van der Waals surface area contributed by atoms with Gasteiger partial charge in [0.2, 0.25) is 0 Å². The van der Waals surface area contributed by atoms with Gasteiger partial charge >= 0.3 is 5.97 Å². The summed E-state index contributed by atoms with van der Waals surface area (Å²) in [6.07, 6.45) is 2.11. The van der Waals surface area contributed by atoms with Crippen LogP contribution < -0.4 is 5.73 Å². The molecule has 0 saturated carbocycles. The minimum absolute atomic E-state index is 0.212. The van der Waals surface area contributed by atoms with E-state index in [-0.39, 0.29) is 12.4 Å². The number of carbonyl (C=O) groups excluding carboxylic acids is 1. The Bertz CT molecular complexity index is 192. The van der Waals surface area contributed by atoms with Crippen LogP contribution in [0.15, 0.2) is 0 Å². The summed E-state index contributed by atoms with van der Waals surface area (Å²) in [5, 5.41) is 0. The SMILES string of the molecule is CCC[C@@](C)(N)CC(=O)OC(C)(C)C. The smallest absolute Gasteiger partial charge is 0.308 e. The molecule has 0 aromatic heterocycles. The Morgan fingerprint density at radius 3 is 2.14 bits per heavy atom. The molecule has 0 rings (SSSR count). The number of ether oxygens (including phenoxy) is 1. The number of carbonyl (C=O) groups is 1. The Hall–Kier alpha value is -0.570. The summed E-state index contributed by atoms with van der Waals surface area (Å²) >= 11 is 0. The van der Waals surface area contributed by atoms with Crippen LogP contribution in [0, 0.1) is 0 Å². The molecule has 1 atom stereocenters. The highest BCUT2D eigenvalue weighted by Crippen LogP contribution is 2.16. The summed E-state index contributed by atoms with van der Waals surface area (Å²) in [6.45, 7) is 9.52. The molecule has 0 aromatic rings. The summed E-state index contributed by atoms with van der Waals surface area (Å²) in [5.41, 5.74) is 5.10. The lowest BCUT2D eigenvalue weighted by atomic mass is 9.94. The molecule has 0 radical (unpaired) electrons. The van der Waals surface area contributed by atoms with Crippen LogP contribution in [0.25, 0.3) is 0 Å². The van der Waals surface area contributed by atoms with Gasteiger partial charge in [0.25, 0.3) is 0 Å². The molecule has 0 fully saturated rings. The molecule has 84 valence electrons. The maximum Gasteiger partial charge on any atom is 0.308 e. The van der Waals surface area contributed by atoms with Gasteiger partial charge in [0.1, 0.15) is 5.60 Å². The second-order valence-corrected chi connectivity index (χ2v) is 5.17. The molecule has 0 heterocycles. The van der Waals surface area contributed by atoms with Crippen molar-refractivity contribution in [1.29, 1.82) is 0 Å². The number of hydrogen-bond donors (Lipinski definition) is 1. The zero-order valence-corrected chi connectivity index (χ0v) is 10.0. The van der Waals surface area contributed by atoms with Gasteiger partial charge in [0, 0.05) is 5.54 Å². The van der Waals surface area contributed by atoms with Crippen molar-refractivity contribution >= 4 is 5.97 Å². The van der Waals surface area contributed by atoms with E-state index in [1.807, 2.05) is 27.7 Å². The largest absolute Gasteiger partial charge is 0.460 e. The third-order valence-electron chi connectivity index (χ3n) is 1.79. The van der Waals surface area contributed by atoms with Gasteiger partial charge in [0.15, 0.2) is 0 Å². The van der Waals surface area contributed by atoms with E-state index in [0.29, 0.717) is 0 Å². The van der Waals surface area contributed by atoms with Gasteiger partial charge in [-0.05, 0) is 34.1 Å². The minimum atomic E-state index is -0.433. The second kappa shape index (κ2) is 4.78. The van der Waals surface area contributed by atoms with Crippen LogP contribution >= 0.6 is 0 Å². The Morgan fingerprint density at radius 1 is 1.29 bits per heavy atom. The normalized spacial score (nSPS) is 16.1. The third-order valence-corrected chi connectivity index (χ3v) is 1.79. The first-order chi connectivity index (χ1) is 6.16. The predicted octanol–water partition coefficient (Wildman–Crippen LogP) is 2.24. The van der Waals surface area contributed by atoms with E-state index in [1.165, 1.54) is 0 Å². The van der Waals surface area contributed by atoms with Crippen molar-refractivity contribution in [2.45, 2.75) is 65.0 Å². The van der Waals surface area contributed by atoms with Crippen LogP contribution in [0.4, 0.5) is 0 Å². The second-order valence-electron chi connectivity index (χ2n) is 5.17. The van der Waals surface area contributed by atoms with Crippen molar-refractivity contribution in [1.82, 2.24) is 0 Å². The lowest BCUT2D eigenvalue weighted by molar-refractivity contribution is -0.156. The monoisotopic (exact) mass is 201 g/mol. The van der Waals surface area contributed by atoms with Gasteiger partial charge in [0.05, 0.1) is 6.42 Å². The van der Waals surface area contributed by atoms with E-state index in [9.17, 15) is 4.79 Å². The maximum absolute atomic E-state index is 11.4. The molecule has 0 spiro atoms. The zero-order valence-electron chi connectivity index (χ0n) is 10.0. The van der Waals surface area contributed by atoms with Gasteiger partial charge in [-0.1, -0.05) is 13.3 Å². The summed E-state index contributed by atoms with van der Waals surface area (Å²) in [4.78, 5) is 11.4. The third kappa shape index (κ3) is 6.89. The van der Waals surface area contributed by atoms with Gasteiger partial charge in [-0.25, -0.2) is 0 Å². The van der Waals surface area contributed by atoms with Crippen molar-refractivity contribution < 1.29 is 9.53 Å². The topological polar surface area (TPSA) is 52.3 Å². The quantitative estimate of drug-likeness (QED) is 0.710. The van der Waals surface area contributed by atoms with Crippen LogP contribution in [-0.2, 0) is 9.53 Å². The summed E-state index contributed by atoms with van der Waals surface area (Å²) < 4.78 is 5.20. The molecular formula is C11H23NO2. The van der Waals surface area contributed by atoms with Crippen LogP contribution in [0.1, 0.15) is 53.9 Å². The van der Waals surface area contributed by atoms with E-state index in [1.54, 1.807) is 0 Å². The molecule has 0 aliphatic heterocycles. The molecule has 0 bridgehead atoms. The Kier molecular flexibility index (Phi) is 4.59. The fraction of sp³-hybridized carbons (Fsp3) is 0.909. The van der Waals surface area contributed by atoms with Crippen LogP contribution in [-0.4, -0.2) is 17.1 Å². The van der Waals surface area contributed by atoms with E-state index < -0.39 is 11.1 Å². The van der Waals surface area contributed by atoms with Crippen LogP contribution in [0.3, 0.4) is 0 Å². The highest BCUT2D eigenvalue weighted by Gasteiger charge is 2.25. The molecule has 0 unspecified atom stereocenters. The first-order valence-electron chi connectivity index (χ1n) is 5.17. The molecule has 0 saturated heterocycles. The van der Waals surface area contributed by atoms with E-state index in [0.717, 1.165) is 12.8 Å². The predicted molar refractivity (Wildman–Crippen MR) is 58.0 cm³/mol. The van der Waals surface area contributed by atoms with Crippen LogP contribution in [0.5, 0.6) is 0 Å². The molecule has 14 heavy (non-hydrogen) atoms. The Morgan fingerprint density at radius 2 is 1.79 bits per heavy atom. The average molecular weight is 201 g/mol. The number of nitrogens with two attached hydrogens (primary N) is 1. The molecule has 3 heteroatoms.